The fraction of sp³-hybridized carbons (Fsp3) is 0.474. The summed E-state index contributed by atoms with van der Waals surface area (Å²) in [6.07, 6.45) is 6.64. The molecule has 25 heavy (non-hydrogen) atoms. The van der Waals surface area contributed by atoms with Crippen molar-refractivity contribution in [2.45, 2.75) is 43.0 Å². The number of fused-ring (bicyclic) bond motifs is 2. The Labute approximate surface area is 152 Å². The molecule has 1 N–H and O–H groups in total. The lowest BCUT2D eigenvalue weighted by atomic mass is 10.0. The Hall–Kier alpha value is -1.95. The number of para-hydroxylation sites is 1. The number of nitrogens with one attached hydrogen (secondary N) is 1. The Balaban J connectivity index is 1.58. The van der Waals surface area contributed by atoms with E-state index in [4.69, 9.17) is 4.74 Å². The molecule has 5 nitrogen and oxygen atoms in total. The second-order valence-corrected chi connectivity index (χ2v) is 7.93. The van der Waals surface area contributed by atoms with Gasteiger partial charge in [0.25, 0.3) is 5.91 Å². The number of benzene rings is 1. The smallest absolute Gasteiger partial charge is 0.272 e. The van der Waals surface area contributed by atoms with Gasteiger partial charge in [-0.25, -0.2) is 0 Å². The number of methoxy groups -OCH3 is 1. The predicted octanol–water partition coefficient (Wildman–Crippen LogP) is 3.58. The lowest BCUT2D eigenvalue weighted by molar-refractivity contribution is 0.0595. The number of rotatable bonds is 4. The van der Waals surface area contributed by atoms with Crippen LogP contribution in [0.15, 0.2) is 30.3 Å². The molecule has 0 radical (unpaired) electrons. The molecule has 132 valence electrons. The number of nitrogens with zero attached hydrogens (tertiary/aromatic N) is 2. The summed E-state index contributed by atoms with van der Waals surface area (Å²) >= 11 is 1.94. The van der Waals surface area contributed by atoms with E-state index in [0.29, 0.717) is 23.0 Å². The quantitative estimate of drug-likeness (QED) is 0.909. The number of aromatic nitrogens is 2. The summed E-state index contributed by atoms with van der Waals surface area (Å²) in [7, 11) is 1.64. The molecule has 1 amide bonds. The van der Waals surface area contributed by atoms with Crippen molar-refractivity contribution in [2.75, 3.05) is 13.4 Å². The Bertz CT molecular complexity index is 762. The molecule has 2 atom stereocenters. The van der Waals surface area contributed by atoms with Gasteiger partial charge in [-0.1, -0.05) is 12.1 Å². The van der Waals surface area contributed by atoms with Gasteiger partial charge in [-0.05, 0) is 50.1 Å². The summed E-state index contributed by atoms with van der Waals surface area (Å²) in [6, 6.07) is 10.3. The molecule has 0 saturated carbocycles. The lowest BCUT2D eigenvalue weighted by Gasteiger charge is -2.38. The van der Waals surface area contributed by atoms with Crippen LogP contribution in [0.1, 0.15) is 36.2 Å². The molecule has 2 aliphatic rings. The number of thioether (sulfide) groups is 1. The zero-order valence-electron chi connectivity index (χ0n) is 14.6. The normalized spacial score (nSPS) is 25.2. The van der Waals surface area contributed by atoms with E-state index in [9.17, 15) is 4.79 Å². The molecule has 1 aromatic heterocycles. The molecular weight excluding hydrogens is 334 g/mol. The molecule has 2 saturated heterocycles. The standard InChI is InChI=1S/C19H23N3O2S/c1-24-18-6-4-3-5-15(18)16-11-17(21-20-16)19(23)22-12-7-8-13(22)10-14(9-12)25-2/h3-6,11-14H,7-10H2,1-2H3,(H,20,21). The fourth-order valence-corrected chi connectivity index (χ4v) is 5.04. The number of piperidine rings is 1. The molecule has 6 heteroatoms. The van der Waals surface area contributed by atoms with Crippen molar-refractivity contribution < 1.29 is 9.53 Å². The van der Waals surface area contributed by atoms with Gasteiger partial charge >= 0.3 is 0 Å². The summed E-state index contributed by atoms with van der Waals surface area (Å²) in [5.41, 5.74) is 2.21. The number of carbonyl (C=O) groups is 1. The van der Waals surface area contributed by atoms with Crippen LogP contribution in [0.25, 0.3) is 11.3 Å². The molecule has 2 bridgehead atoms. The van der Waals surface area contributed by atoms with Crippen LogP contribution >= 0.6 is 11.8 Å². The molecule has 4 rings (SSSR count). The highest BCUT2D eigenvalue weighted by atomic mass is 32.2. The third kappa shape index (κ3) is 2.92. The van der Waals surface area contributed by atoms with Gasteiger partial charge in [0.2, 0.25) is 0 Å². The van der Waals surface area contributed by atoms with Crippen molar-refractivity contribution in [1.29, 1.82) is 0 Å². The number of hydrogen-bond acceptors (Lipinski definition) is 4. The van der Waals surface area contributed by atoms with Gasteiger partial charge in [-0.15, -0.1) is 0 Å². The zero-order chi connectivity index (χ0) is 17.4. The first-order valence-electron chi connectivity index (χ1n) is 8.75. The number of carbonyl (C=O) groups excluding carboxylic acids is 1. The maximum atomic E-state index is 13.1. The van der Waals surface area contributed by atoms with Crippen LogP contribution in [0.3, 0.4) is 0 Å². The van der Waals surface area contributed by atoms with Crippen LogP contribution in [0.5, 0.6) is 5.75 Å². The molecule has 1 aromatic carbocycles. The molecule has 0 spiro atoms. The van der Waals surface area contributed by atoms with Crippen molar-refractivity contribution in [3.63, 3.8) is 0 Å². The monoisotopic (exact) mass is 357 g/mol. The Morgan fingerprint density at radius 2 is 2.00 bits per heavy atom. The average Bonchev–Trinajstić information content (AvgIpc) is 3.24. The van der Waals surface area contributed by atoms with Gasteiger partial charge < -0.3 is 9.64 Å². The van der Waals surface area contributed by atoms with Gasteiger partial charge in [-0.3, -0.25) is 9.89 Å². The Kier molecular flexibility index (Phi) is 4.46. The van der Waals surface area contributed by atoms with Gasteiger partial charge in [0, 0.05) is 22.9 Å². The van der Waals surface area contributed by atoms with Crippen molar-refractivity contribution in [1.82, 2.24) is 15.1 Å². The minimum Gasteiger partial charge on any atom is -0.496 e. The fourth-order valence-electron chi connectivity index (χ4n) is 4.22. The highest BCUT2D eigenvalue weighted by Gasteiger charge is 2.43. The Morgan fingerprint density at radius 1 is 1.28 bits per heavy atom. The molecule has 2 aliphatic heterocycles. The summed E-state index contributed by atoms with van der Waals surface area (Å²) in [4.78, 5) is 15.2. The average molecular weight is 357 g/mol. The number of aromatic amines is 1. The first kappa shape index (κ1) is 16.5. The molecular formula is C19H23N3O2S. The van der Waals surface area contributed by atoms with Crippen LogP contribution in [0.4, 0.5) is 0 Å². The highest BCUT2D eigenvalue weighted by molar-refractivity contribution is 7.99. The molecule has 2 fully saturated rings. The van der Waals surface area contributed by atoms with E-state index in [1.165, 1.54) is 0 Å². The summed E-state index contributed by atoms with van der Waals surface area (Å²) in [5, 5.41) is 7.99. The summed E-state index contributed by atoms with van der Waals surface area (Å²) in [5.74, 6) is 0.842. The van der Waals surface area contributed by atoms with Crippen molar-refractivity contribution in [3.05, 3.63) is 36.0 Å². The van der Waals surface area contributed by atoms with Crippen molar-refractivity contribution in [2.24, 2.45) is 0 Å². The van der Waals surface area contributed by atoms with Crippen molar-refractivity contribution in [3.8, 4) is 17.0 Å². The van der Waals surface area contributed by atoms with Crippen LogP contribution < -0.4 is 4.74 Å². The SMILES string of the molecule is COc1ccccc1-c1cc(C(=O)N2C3CCC2CC(SC)C3)[nH]n1. The van der Waals surface area contributed by atoms with Gasteiger partial charge in [0.1, 0.15) is 11.4 Å². The van der Waals surface area contributed by atoms with Crippen LogP contribution in [0.2, 0.25) is 0 Å². The van der Waals surface area contributed by atoms with E-state index >= 15 is 0 Å². The van der Waals surface area contributed by atoms with E-state index in [0.717, 1.165) is 42.7 Å². The maximum Gasteiger partial charge on any atom is 0.272 e. The van der Waals surface area contributed by atoms with E-state index in [2.05, 4.69) is 21.4 Å². The minimum absolute atomic E-state index is 0.0840. The molecule has 2 aromatic rings. The van der Waals surface area contributed by atoms with Gasteiger partial charge in [0.15, 0.2) is 0 Å². The number of hydrogen-bond donors (Lipinski definition) is 1. The van der Waals surface area contributed by atoms with E-state index in [-0.39, 0.29) is 5.91 Å². The summed E-state index contributed by atoms with van der Waals surface area (Å²) < 4.78 is 5.40. The lowest BCUT2D eigenvalue weighted by Crippen LogP contribution is -2.47. The Morgan fingerprint density at radius 3 is 2.68 bits per heavy atom. The number of amides is 1. The van der Waals surface area contributed by atoms with Gasteiger partial charge in [-0.2, -0.15) is 16.9 Å². The molecule has 3 heterocycles. The second kappa shape index (κ2) is 6.75. The van der Waals surface area contributed by atoms with Crippen molar-refractivity contribution >= 4 is 17.7 Å². The van der Waals surface area contributed by atoms with Gasteiger partial charge in [0.05, 0.1) is 12.8 Å². The largest absolute Gasteiger partial charge is 0.496 e. The topological polar surface area (TPSA) is 58.2 Å². The molecule has 2 unspecified atom stereocenters. The third-order valence-electron chi connectivity index (χ3n) is 5.45. The highest BCUT2D eigenvalue weighted by Crippen LogP contribution is 2.40. The van der Waals surface area contributed by atoms with E-state index in [1.807, 2.05) is 42.1 Å². The van der Waals surface area contributed by atoms with Crippen LogP contribution in [0, 0.1) is 0 Å². The van der Waals surface area contributed by atoms with E-state index < -0.39 is 0 Å². The first-order valence-corrected chi connectivity index (χ1v) is 10.0. The van der Waals surface area contributed by atoms with E-state index in [1.54, 1.807) is 7.11 Å². The maximum absolute atomic E-state index is 13.1. The number of H-pyrrole nitrogens is 1. The van der Waals surface area contributed by atoms with Crippen LogP contribution in [-0.4, -0.2) is 51.7 Å². The minimum atomic E-state index is 0.0840. The van der Waals surface area contributed by atoms with Crippen LogP contribution in [-0.2, 0) is 0 Å². The zero-order valence-corrected chi connectivity index (χ0v) is 15.4. The third-order valence-corrected chi connectivity index (χ3v) is 6.50. The molecule has 0 aliphatic carbocycles. The predicted molar refractivity (Wildman–Crippen MR) is 100 cm³/mol. The second-order valence-electron chi connectivity index (χ2n) is 6.79. The first-order chi connectivity index (χ1) is 12.2. The summed E-state index contributed by atoms with van der Waals surface area (Å²) in [6.45, 7) is 0. The number of ether oxygens (including phenoxy) is 1.